The van der Waals surface area contributed by atoms with E-state index in [-0.39, 0.29) is 17.8 Å². The second-order valence-electron chi connectivity index (χ2n) is 4.14. The SMILES string of the molecule is O=C(O)CSC1CCc2cc3c(cc21)OCO3. The Kier molecular flexibility index (Phi) is 2.63. The van der Waals surface area contributed by atoms with Crippen LogP contribution in [0.3, 0.4) is 0 Å². The number of fused-ring (bicyclic) bond motifs is 2. The maximum Gasteiger partial charge on any atom is 0.313 e. The molecular formula is C12H12O4S. The van der Waals surface area contributed by atoms with Gasteiger partial charge in [0, 0.05) is 5.25 Å². The normalized spacial score (nSPS) is 20.4. The third-order valence-electron chi connectivity index (χ3n) is 3.07. The van der Waals surface area contributed by atoms with Crippen molar-refractivity contribution in [3.8, 4) is 11.5 Å². The Morgan fingerprint density at radius 3 is 2.94 bits per heavy atom. The summed E-state index contributed by atoms with van der Waals surface area (Å²) in [6.07, 6.45) is 1.99. The van der Waals surface area contributed by atoms with E-state index < -0.39 is 5.97 Å². The molecule has 1 aliphatic heterocycles. The van der Waals surface area contributed by atoms with Gasteiger partial charge in [-0.15, -0.1) is 11.8 Å². The molecule has 1 aliphatic carbocycles. The second-order valence-corrected chi connectivity index (χ2v) is 5.33. The first-order valence-electron chi connectivity index (χ1n) is 5.50. The van der Waals surface area contributed by atoms with Gasteiger partial charge < -0.3 is 14.6 Å². The standard InChI is InChI=1S/C12H12O4S/c13-12(14)5-17-11-2-1-7-3-9-10(4-8(7)11)16-6-15-9/h3-4,11H,1-2,5-6H2,(H,13,14). The van der Waals surface area contributed by atoms with E-state index >= 15 is 0 Å². The Morgan fingerprint density at radius 2 is 2.18 bits per heavy atom. The van der Waals surface area contributed by atoms with Crippen LogP contribution in [0.1, 0.15) is 22.8 Å². The van der Waals surface area contributed by atoms with Gasteiger partial charge in [-0.3, -0.25) is 4.79 Å². The van der Waals surface area contributed by atoms with Crippen LogP contribution in [0, 0.1) is 0 Å². The van der Waals surface area contributed by atoms with Crippen molar-refractivity contribution in [2.24, 2.45) is 0 Å². The molecular weight excluding hydrogens is 240 g/mol. The molecule has 0 saturated carbocycles. The highest BCUT2D eigenvalue weighted by atomic mass is 32.2. The number of aliphatic carboxylic acids is 1. The summed E-state index contributed by atoms with van der Waals surface area (Å²) in [5, 5.41) is 8.98. The molecule has 0 saturated heterocycles. The molecule has 0 fully saturated rings. The van der Waals surface area contributed by atoms with Crippen LogP contribution in [0.2, 0.25) is 0 Å². The maximum atomic E-state index is 10.6. The molecule has 0 aromatic heterocycles. The fraction of sp³-hybridized carbons (Fsp3) is 0.417. The Labute approximate surface area is 103 Å². The van der Waals surface area contributed by atoms with E-state index in [1.165, 1.54) is 22.9 Å². The van der Waals surface area contributed by atoms with E-state index in [1.54, 1.807) is 0 Å². The second kappa shape index (κ2) is 4.14. The van der Waals surface area contributed by atoms with E-state index in [0.717, 1.165) is 24.3 Å². The van der Waals surface area contributed by atoms with Crippen molar-refractivity contribution < 1.29 is 19.4 Å². The molecule has 2 aliphatic rings. The molecule has 4 nitrogen and oxygen atoms in total. The Balaban J connectivity index is 1.84. The van der Waals surface area contributed by atoms with Crippen LogP contribution in [-0.4, -0.2) is 23.6 Å². The maximum absolute atomic E-state index is 10.6. The van der Waals surface area contributed by atoms with Crippen molar-refractivity contribution in [3.63, 3.8) is 0 Å². The highest BCUT2D eigenvalue weighted by Gasteiger charge is 2.27. The molecule has 1 N–H and O–H groups in total. The van der Waals surface area contributed by atoms with Crippen molar-refractivity contribution in [2.75, 3.05) is 12.5 Å². The third-order valence-corrected chi connectivity index (χ3v) is 4.37. The van der Waals surface area contributed by atoms with E-state index in [9.17, 15) is 4.79 Å². The monoisotopic (exact) mass is 252 g/mol. The molecule has 5 heteroatoms. The van der Waals surface area contributed by atoms with Gasteiger partial charge in [-0.25, -0.2) is 0 Å². The van der Waals surface area contributed by atoms with Crippen molar-refractivity contribution in [3.05, 3.63) is 23.3 Å². The summed E-state index contributed by atoms with van der Waals surface area (Å²) < 4.78 is 10.7. The minimum atomic E-state index is -0.760. The van der Waals surface area contributed by atoms with Crippen molar-refractivity contribution in [1.82, 2.24) is 0 Å². The molecule has 90 valence electrons. The van der Waals surface area contributed by atoms with Crippen LogP contribution in [0.4, 0.5) is 0 Å². The van der Waals surface area contributed by atoms with Crippen LogP contribution in [0.25, 0.3) is 0 Å². The van der Waals surface area contributed by atoms with Gasteiger partial charge in [0.25, 0.3) is 0 Å². The lowest BCUT2D eigenvalue weighted by Crippen LogP contribution is -2.00. The summed E-state index contributed by atoms with van der Waals surface area (Å²) >= 11 is 1.48. The quantitative estimate of drug-likeness (QED) is 0.894. The molecule has 1 heterocycles. The van der Waals surface area contributed by atoms with Gasteiger partial charge in [-0.05, 0) is 36.1 Å². The van der Waals surface area contributed by atoms with Crippen LogP contribution in [-0.2, 0) is 11.2 Å². The molecule has 0 radical (unpaired) electrons. The number of aryl methyl sites for hydroxylation is 1. The van der Waals surface area contributed by atoms with Gasteiger partial charge in [-0.2, -0.15) is 0 Å². The highest BCUT2D eigenvalue weighted by molar-refractivity contribution is 8.00. The number of ether oxygens (including phenoxy) is 2. The molecule has 1 unspecified atom stereocenters. The number of carboxylic acids is 1. The lowest BCUT2D eigenvalue weighted by atomic mass is 10.1. The molecule has 1 atom stereocenters. The van der Waals surface area contributed by atoms with Gasteiger partial charge in [0.05, 0.1) is 5.75 Å². The minimum Gasteiger partial charge on any atom is -0.481 e. The Morgan fingerprint density at radius 1 is 1.41 bits per heavy atom. The fourth-order valence-corrected chi connectivity index (χ4v) is 3.33. The number of hydrogen-bond acceptors (Lipinski definition) is 4. The largest absolute Gasteiger partial charge is 0.481 e. The van der Waals surface area contributed by atoms with Gasteiger partial charge in [0.15, 0.2) is 11.5 Å². The van der Waals surface area contributed by atoms with Crippen LogP contribution < -0.4 is 9.47 Å². The average Bonchev–Trinajstić information content (AvgIpc) is 2.88. The number of thioether (sulfide) groups is 1. The zero-order valence-corrected chi connectivity index (χ0v) is 9.96. The van der Waals surface area contributed by atoms with E-state index in [0.29, 0.717) is 0 Å². The van der Waals surface area contributed by atoms with Gasteiger partial charge in [-0.1, -0.05) is 0 Å². The summed E-state index contributed by atoms with van der Waals surface area (Å²) in [5.74, 6) is 0.988. The van der Waals surface area contributed by atoms with Gasteiger partial charge >= 0.3 is 5.97 Å². The Hall–Kier alpha value is -1.36. The number of benzene rings is 1. The summed E-state index contributed by atoms with van der Waals surface area (Å²) in [5.41, 5.74) is 2.47. The molecule has 0 bridgehead atoms. The lowest BCUT2D eigenvalue weighted by molar-refractivity contribution is -0.133. The highest BCUT2D eigenvalue weighted by Crippen LogP contribution is 2.46. The zero-order chi connectivity index (χ0) is 11.8. The number of carbonyl (C=O) groups is 1. The topological polar surface area (TPSA) is 55.8 Å². The summed E-state index contributed by atoms with van der Waals surface area (Å²) in [7, 11) is 0. The number of carboxylic acid groups (broad SMARTS) is 1. The molecule has 3 rings (SSSR count). The van der Waals surface area contributed by atoms with Gasteiger partial charge in [0.2, 0.25) is 6.79 Å². The molecule has 1 aromatic rings. The van der Waals surface area contributed by atoms with Crippen LogP contribution in [0.15, 0.2) is 12.1 Å². The Bertz CT molecular complexity index is 472. The number of hydrogen-bond donors (Lipinski definition) is 1. The van der Waals surface area contributed by atoms with Crippen molar-refractivity contribution >= 4 is 17.7 Å². The summed E-state index contributed by atoms with van der Waals surface area (Å²) in [6.45, 7) is 0.283. The van der Waals surface area contributed by atoms with Crippen molar-refractivity contribution in [2.45, 2.75) is 18.1 Å². The van der Waals surface area contributed by atoms with Crippen molar-refractivity contribution in [1.29, 1.82) is 0 Å². The van der Waals surface area contributed by atoms with E-state index in [1.807, 2.05) is 12.1 Å². The van der Waals surface area contributed by atoms with Crippen LogP contribution in [0.5, 0.6) is 11.5 Å². The van der Waals surface area contributed by atoms with E-state index in [2.05, 4.69) is 0 Å². The first-order chi connectivity index (χ1) is 8.24. The zero-order valence-electron chi connectivity index (χ0n) is 9.14. The smallest absolute Gasteiger partial charge is 0.313 e. The predicted molar refractivity (Wildman–Crippen MR) is 63.7 cm³/mol. The summed E-state index contributed by atoms with van der Waals surface area (Å²) in [4.78, 5) is 10.6. The molecule has 1 aromatic carbocycles. The third kappa shape index (κ3) is 1.95. The average molecular weight is 252 g/mol. The first kappa shape index (κ1) is 10.8. The van der Waals surface area contributed by atoms with E-state index in [4.69, 9.17) is 14.6 Å². The number of rotatable bonds is 3. The molecule has 17 heavy (non-hydrogen) atoms. The minimum absolute atomic E-state index is 0.151. The molecule has 0 amide bonds. The fourth-order valence-electron chi connectivity index (χ4n) is 2.30. The molecule has 0 spiro atoms. The van der Waals surface area contributed by atoms with Gasteiger partial charge in [0.1, 0.15) is 0 Å². The lowest BCUT2D eigenvalue weighted by Gasteiger charge is -2.10. The van der Waals surface area contributed by atoms with Crippen LogP contribution >= 0.6 is 11.8 Å². The predicted octanol–water partition coefficient (Wildman–Crippen LogP) is 2.22. The first-order valence-corrected chi connectivity index (χ1v) is 6.55. The summed E-state index contributed by atoms with van der Waals surface area (Å²) in [6, 6.07) is 4.03.